The number of nitrogens with one attached hydrogen (secondary N) is 1. The molecule has 2 heteroatoms. The zero-order chi connectivity index (χ0) is 14.5. The van der Waals surface area contributed by atoms with Crippen molar-refractivity contribution in [3.05, 3.63) is 58.1 Å². The normalized spacial score (nSPS) is 10.8. The molecule has 0 fully saturated rings. The molecule has 0 atom stereocenters. The van der Waals surface area contributed by atoms with Crippen LogP contribution in [-0.2, 0) is 6.54 Å². The van der Waals surface area contributed by atoms with E-state index in [1.165, 1.54) is 22.3 Å². The minimum absolute atomic E-state index is 0.833. The number of hydrogen-bond acceptors (Lipinski definition) is 1. The van der Waals surface area contributed by atoms with Crippen LogP contribution >= 0.6 is 11.6 Å². The maximum Gasteiger partial charge on any atom is 0.0457 e. The smallest absolute Gasteiger partial charge is 0.0457 e. The van der Waals surface area contributed by atoms with E-state index in [0.717, 1.165) is 30.1 Å². The Morgan fingerprint density at radius 3 is 2.25 bits per heavy atom. The fourth-order valence-corrected chi connectivity index (χ4v) is 2.66. The minimum atomic E-state index is 0.833. The quantitative estimate of drug-likeness (QED) is 0.752. The first-order valence-electron chi connectivity index (χ1n) is 7.18. The molecule has 0 aromatic heterocycles. The molecule has 0 aliphatic heterocycles. The second-order valence-electron chi connectivity index (χ2n) is 5.36. The second kappa shape index (κ2) is 6.92. The van der Waals surface area contributed by atoms with Crippen LogP contribution < -0.4 is 5.32 Å². The molecule has 0 aliphatic carbocycles. The molecule has 2 rings (SSSR count). The predicted octanol–water partition coefficient (Wildman–Crippen LogP) is 5.12. The van der Waals surface area contributed by atoms with Crippen molar-refractivity contribution in [2.75, 3.05) is 6.54 Å². The largest absolute Gasteiger partial charge is 0.313 e. The van der Waals surface area contributed by atoms with Crippen molar-refractivity contribution >= 4 is 11.6 Å². The number of rotatable bonds is 5. The molecule has 0 unspecified atom stereocenters. The third kappa shape index (κ3) is 3.84. The van der Waals surface area contributed by atoms with Crippen molar-refractivity contribution in [3.63, 3.8) is 0 Å². The van der Waals surface area contributed by atoms with E-state index in [1.807, 2.05) is 0 Å². The summed E-state index contributed by atoms with van der Waals surface area (Å²) in [4.78, 5) is 0. The Morgan fingerprint density at radius 2 is 1.65 bits per heavy atom. The third-order valence-corrected chi connectivity index (χ3v) is 3.70. The molecule has 0 saturated carbocycles. The summed E-state index contributed by atoms with van der Waals surface area (Å²) in [5.74, 6) is 0. The van der Waals surface area contributed by atoms with Gasteiger partial charge < -0.3 is 5.32 Å². The van der Waals surface area contributed by atoms with Crippen LogP contribution in [0.4, 0.5) is 0 Å². The predicted molar refractivity (Wildman–Crippen MR) is 88.4 cm³/mol. The van der Waals surface area contributed by atoms with Gasteiger partial charge in [-0.15, -0.1) is 0 Å². The van der Waals surface area contributed by atoms with Gasteiger partial charge in [-0.2, -0.15) is 0 Å². The Balaban J connectivity index is 2.23. The van der Waals surface area contributed by atoms with Crippen LogP contribution in [0.15, 0.2) is 36.4 Å². The molecule has 20 heavy (non-hydrogen) atoms. The Labute approximate surface area is 127 Å². The molecule has 0 saturated heterocycles. The van der Waals surface area contributed by atoms with E-state index in [2.05, 4.69) is 62.5 Å². The first kappa shape index (κ1) is 15.1. The Bertz CT molecular complexity index is 570. The van der Waals surface area contributed by atoms with Gasteiger partial charge in [0.05, 0.1) is 0 Å². The third-order valence-electron chi connectivity index (χ3n) is 3.35. The van der Waals surface area contributed by atoms with Gasteiger partial charge in [-0.05, 0) is 49.6 Å². The Hall–Kier alpha value is -1.31. The maximum absolute atomic E-state index is 6.40. The topological polar surface area (TPSA) is 12.0 Å². The molecule has 2 aromatic rings. The number of halogens is 1. The number of benzene rings is 2. The highest BCUT2D eigenvalue weighted by atomic mass is 35.5. The van der Waals surface area contributed by atoms with Gasteiger partial charge in [0.15, 0.2) is 0 Å². The van der Waals surface area contributed by atoms with Crippen LogP contribution in [0.3, 0.4) is 0 Å². The van der Waals surface area contributed by atoms with Crippen molar-refractivity contribution < 1.29 is 0 Å². The molecule has 1 nitrogen and oxygen atoms in total. The van der Waals surface area contributed by atoms with Crippen molar-refractivity contribution in [2.45, 2.75) is 33.7 Å². The van der Waals surface area contributed by atoms with Crippen LogP contribution in [0, 0.1) is 13.8 Å². The summed E-state index contributed by atoms with van der Waals surface area (Å²) >= 11 is 6.40. The molecule has 0 heterocycles. The number of aryl methyl sites for hydroxylation is 2. The van der Waals surface area contributed by atoms with E-state index < -0.39 is 0 Å². The summed E-state index contributed by atoms with van der Waals surface area (Å²) in [6.07, 6.45) is 1.14. The number of hydrogen-bond donors (Lipinski definition) is 1. The van der Waals surface area contributed by atoms with E-state index in [-0.39, 0.29) is 0 Å². The minimum Gasteiger partial charge on any atom is -0.313 e. The summed E-state index contributed by atoms with van der Waals surface area (Å²) < 4.78 is 0. The van der Waals surface area contributed by atoms with Crippen LogP contribution in [0.2, 0.25) is 5.02 Å². The van der Waals surface area contributed by atoms with Crippen LogP contribution in [-0.4, -0.2) is 6.54 Å². The van der Waals surface area contributed by atoms with E-state index in [1.54, 1.807) is 0 Å². The highest BCUT2D eigenvalue weighted by Gasteiger charge is 2.04. The van der Waals surface area contributed by atoms with Crippen molar-refractivity contribution in [3.8, 4) is 11.1 Å². The molecular formula is C18H22ClN. The SMILES string of the molecule is CCCNCc1ccc(-c2cc(C)cc(C)c2)cc1Cl. The summed E-state index contributed by atoms with van der Waals surface area (Å²) in [7, 11) is 0. The molecule has 1 N–H and O–H groups in total. The molecule has 0 spiro atoms. The summed E-state index contributed by atoms with van der Waals surface area (Å²) in [5, 5.41) is 4.22. The van der Waals surface area contributed by atoms with Gasteiger partial charge in [0.25, 0.3) is 0 Å². The molecule has 0 amide bonds. The van der Waals surface area contributed by atoms with E-state index in [4.69, 9.17) is 11.6 Å². The van der Waals surface area contributed by atoms with E-state index in [9.17, 15) is 0 Å². The molecule has 2 aromatic carbocycles. The van der Waals surface area contributed by atoms with E-state index >= 15 is 0 Å². The van der Waals surface area contributed by atoms with Crippen LogP contribution in [0.25, 0.3) is 11.1 Å². The fourth-order valence-electron chi connectivity index (χ4n) is 2.41. The van der Waals surface area contributed by atoms with Crippen molar-refractivity contribution in [1.29, 1.82) is 0 Å². The summed E-state index contributed by atoms with van der Waals surface area (Å²) in [6, 6.07) is 12.9. The van der Waals surface area contributed by atoms with Gasteiger partial charge in [-0.1, -0.05) is 60.0 Å². The zero-order valence-electron chi connectivity index (χ0n) is 12.5. The first-order valence-corrected chi connectivity index (χ1v) is 7.55. The first-order chi connectivity index (χ1) is 9.60. The lowest BCUT2D eigenvalue weighted by Gasteiger charge is -2.10. The average Bonchev–Trinajstić information content (AvgIpc) is 2.39. The molecule has 0 bridgehead atoms. The summed E-state index contributed by atoms with van der Waals surface area (Å²) in [6.45, 7) is 8.27. The molecule has 106 valence electrons. The lowest BCUT2D eigenvalue weighted by molar-refractivity contribution is 0.675. The van der Waals surface area contributed by atoms with Gasteiger partial charge in [0.1, 0.15) is 0 Å². The lowest BCUT2D eigenvalue weighted by atomic mass is 10.00. The standard InChI is InChI=1S/C18H22ClN/c1-4-7-20-12-16-6-5-15(11-18(16)19)17-9-13(2)8-14(3)10-17/h5-6,8-11,20H,4,7,12H2,1-3H3. The highest BCUT2D eigenvalue weighted by Crippen LogP contribution is 2.27. The van der Waals surface area contributed by atoms with Crippen LogP contribution in [0.1, 0.15) is 30.0 Å². The van der Waals surface area contributed by atoms with Gasteiger partial charge in [0, 0.05) is 11.6 Å². The fraction of sp³-hybridized carbons (Fsp3) is 0.333. The maximum atomic E-state index is 6.40. The second-order valence-corrected chi connectivity index (χ2v) is 5.77. The average molecular weight is 288 g/mol. The van der Waals surface area contributed by atoms with Crippen molar-refractivity contribution in [1.82, 2.24) is 5.32 Å². The Morgan fingerprint density at radius 1 is 0.950 bits per heavy atom. The molecule has 0 radical (unpaired) electrons. The lowest BCUT2D eigenvalue weighted by Crippen LogP contribution is -2.13. The molecular weight excluding hydrogens is 266 g/mol. The van der Waals surface area contributed by atoms with Crippen molar-refractivity contribution in [2.24, 2.45) is 0 Å². The van der Waals surface area contributed by atoms with Gasteiger partial charge in [-0.3, -0.25) is 0 Å². The highest BCUT2D eigenvalue weighted by molar-refractivity contribution is 6.31. The monoisotopic (exact) mass is 287 g/mol. The van der Waals surface area contributed by atoms with E-state index in [0.29, 0.717) is 0 Å². The van der Waals surface area contributed by atoms with Gasteiger partial charge >= 0.3 is 0 Å². The van der Waals surface area contributed by atoms with Crippen LogP contribution in [0.5, 0.6) is 0 Å². The Kier molecular flexibility index (Phi) is 5.22. The zero-order valence-corrected chi connectivity index (χ0v) is 13.2. The van der Waals surface area contributed by atoms with Gasteiger partial charge in [0.2, 0.25) is 0 Å². The van der Waals surface area contributed by atoms with Gasteiger partial charge in [-0.25, -0.2) is 0 Å². The summed E-state index contributed by atoms with van der Waals surface area (Å²) in [5.41, 5.74) is 6.14. The molecule has 0 aliphatic rings.